The number of hydrogen-bond donors (Lipinski definition) is 2. The highest BCUT2D eigenvalue weighted by atomic mass is 79.9. The number of rotatable bonds is 6. The highest BCUT2D eigenvalue weighted by Gasteiger charge is 2.49. The van der Waals surface area contributed by atoms with Gasteiger partial charge in [0.1, 0.15) is 0 Å². The molecule has 1 saturated carbocycles. The largest absolute Gasteiger partial charge is 0.481 e. The van der Waals surface area contributed by atoms with Gasteiger partial charge in [-0.05, 0) is 53.9 Å². The first kappa shape index (κ1) is 12.1. The van der Waals surface area contributed by atoms with Crippen LogP contribution in [0.2, 0.25) is 0 Å². The Kier molecular flexibility index (Phi) is 3.66. The van der Waals surface area contributed by atoms with Crippen molar-refractivity contribution in [1.82, 2.24) is 5.32 Å². The summed E-state index contributed by atoms with van der Waals surface area (Å²) in [5.74, 6) is -0.654. The van der Waals surface area contributed by atoms with Gasteiger partial charge in [-0.1, -0.05) is 0 Å². The van der Waals surface area contributed by atoms with Gasteiger partial charge >= 0.3 is 5.97 Å². The topological polar surface area (TPSA) is 49.3 Å². The molecule has 0 spiro atoms. The fraction of sp³-hybridized carbons (Fsp3) is 0.545. The molecule has 16 heavy (non-hydrogen) atoms. The van der Waals surface area contributed by atoms with E-state index in [4.69, 9.17) is 5.11 Å². The maximum atomic E-state index is 10.9. The summed E-state index contributed by atoms with van der Waals surface area (Å²) < 4.78 is 1.15. The standard InChI is InChI=1S/C11H14BrNO2S/c12-9-2-1-8(16-9)3-6-13-7-11(4-5-11)10(14)15/h1-2,13H,3-7H2,(H,14,15). The number of aliphatic carboxylic acids is 1. The minimum atomic E-state index is -0.654. The highest BCUT2D eigenvalue weighted by molar-refractivity contribution is 9.11. The number of carboxylic acid groups (broad SMARTS) is 1. The van der Waals surface area contributed by atoms with Crippen molar-refractivity contribution in [3.63, 3.8) is 0 Å². The first-order valence-corrected chi connectivity index (χ1v) is 6.92. The van der Waals surface area contributed by atoms with E-state index < -0.39 is 11.4 Å². The van der Waals surface area contributed by atoms with Crippen LogP contribution in [0.5, 0.6) is 0 Å². The number of carboxylic acids is 1. The van der Waals surface area contributed by atoms with E-state index in [0.29, 0.717) is 6.54 Å². The van der Waals surface area contributed by atoms with Crippen molar-refractivity contribution in [2.75, 3.05) is 13.1 Å². The molecule has 1 aliphatic carbocycles. The summed E-state index contributed by atoms with van der Waals surface area (Å²) in [7, 11) is 0. The van der Waals surface area contributed by atoms with Gasteiger partial charge in [0.25, 0.3) is 0 Å². The van der Waals surface area contributed by atoms with Crippen LogP contribution >= 0.6 is 27.3 Å². The summed E-state index contributed by atoms with van der Waals surface area (Å²) >= 11 is 5.15. The number of hydrogen-bond acceptors (Lipinski definition) is 3. The Hall–Kier alpha value is -0.390. The van der Waals surface area contributed by atoms with Gasteiger partial charge < -0.3 is 10.4 Å². The summed E-state index contributed by atoms with van der Waals surface area (Å²) in [5.41, 5.74) is -0.448. The molecular weight excluding hydrogens is 290 g/mol. The smallest absolute Gasteiger partial charge is 0.310 e. The van der Waals surface area contributed by atoms with Crippen molar-refractivity contribution >= 4 is 33.2 Å². The van der Waals surface area contributed by atoms with Crippen LogP contribution < -0.4 is 5.32 Å². The normalized spacial score (nSPS) is 17.3. The van der Waals surface area contributed by atoms with Gasteiger partial charge in [0.2, 0.25) is 0 Å². The molecule has 0 radical (unpaired) electrons. The second kappa shape index (κ2) is 4.85. The van der Waals surface area contributed by atoms with Gasteiger partial charge in [0.05, 0.1) is 9.20 Å². The number of nitrogens with one attached hydrogen (secondary N) is 1. The third kappa shape index (κ3) is 2.84. The van der Waals surface area contributed by atoms with Gasteiger partial charge in [-0.25, -0.2) is 0 Å². The molecular formula is C11H14BrNO2S. The van der Waals surface area contributed by atoms with Crippen LogP contribution in [-0.4, -0.2) is 24.2 Å². The van der Waals surface area contributed by atoms with Crippen molar-refractivity contribution < 1.29 is 9.90 Å². The zero-order valence-corrected chi connectivity index (χ0v) is 11.2. The van der Waals surface area contributed by atoms with Crippen molar-refractivity contribution in [2.45, 2.75) is 19.3 Å². The van der Waals surface area contributed by atoms with Crippen molar-refractivity contribution in [2.24, 2.45) is 5.41 Å². The molecule has 88 valence electrons. The summed E-state index contributed by atoms with van der Waals surface area (Å²) in [6.07, 6.45) is 2.60. The van der Waals surface area contributed by atoms with E-state index in [1.165, 1.54) is 4.88 Å². The third-order valence-corrected chi connectivity index (χ3v) is 4.63. The van der Waals surface area contributed by atoms with E-state index >= 15 is 0 Å². The molecule has 5 heteroatoms. The summed E-state index contributed by atoms with van der Waals surface area (Å²) in [6.45, 7) is 1.46. The fourth-order valence-corrected chi connectivity index (χ4v) is 3.13. The van der Waals surface area contributed by atoms with E-state index in [9.17, 15) is 4.79 Å². The Labute approximate surface area is 107 Å². The molecule has 1 heterocycles. The Balaban J connectivity index is 1.68. The second-order valence-electron chi connectivity index (χ2n) is 4.22. The highest BCUT2D eigenvalue weighted by Crippen LogP contribution is 2.45. The van der Waals surface area contributed by atoms with Crippen LogP contribution in [0.1, 0.15) is 17.7 Å². The molecule has 3 nitrogen and oxygen atoms in total. The molecule has 1 aromatic rings. The maximum Gasteiger partial charge on any atom is 0.310 e. The Morgan fingerprint density at radius 1 is 1.56 bits per heavy atom. The van der Waals surface area contributed by atoms with E-state index in [2.05, 4.69) is 27.3 Å². The lowest BCUT2D eigenvalue weighted by atomic mass is 10.1. The molecule has 2 rings (SSSR count). The Morgan fingerprint density at radius 2 is 2.31 bits per heavy atom. The van der Waals surface area contributed by atoms with E-state index in [0.717, 1.165) is 29.6 Å². The predicted octanol–water partition coefficient (Wildman–Crippen LogP) is 2.51. The first-order valence-electron chi connectivity index (χ1n) is 5.31. The van der Waals surface area contributed by atoms with Gasteiger partial charge in [-0.15, -0.1) is 11.3 Å². The molecule has 0 atom stereocenters. The van der Waals surface area contributed by atoms with Gasteiger partial charge in [0.15, 0.2) is 0 Å². The lowest BCUT2D eigenvalue weighted by molar-refractivity contribution is -0.143. The number of carbonyl (C=O) groups is 1. The van der Waals surface area contributed by atoms with E-state index in [1.54, 1.807) is 11.3 Å². The fourth-order valence-electron chi connectivity index (χ4n) is 1.64. The minimum Gasteiger partial charge on any atom is -0.481 e. The average molecular weight is 304 g/mol. The molecule has 0 aliphatic heterocycles. The molecule has 0 amide bonds. The molecule has 0 saturated heterocycles. The molecule has 1 aromatic heterocycles. The Bertz CT molecular complexity index is 387. The van der Waals surface area contributed by atoms with Crippen LogP contribution in [0.25, 0.3) is 0 Å². The van der Waals surface area contributed by atoms with Gasteiger partial charge in [0, 0.05) is 11.4 Å². The van der Waals surface area contributed by atoms with Crippen LogP contribution in [0.15, 0.2) is 15.9 Å². The van der Waals surface area contributed by atoms with Crippen molar-refractivity contribution in [3.05, 3.63) is 20.8 Å². The lowest BCUT2D eigenvalue weighted by Crippen LogP contribution is -2.31. The average Bonchev–Trinajstić information content (AvgIpc) is 2.92. The van der Waals surface area contributed by atoms with Crippen LogP contribution in [-0.2, 0) is 11.2 Å². The molecule has 1 fully saturated rings. The van der Waals surface area contributed by atoms with Crippen LogP contribution in [0.3, 0.4) is 0 Å². The zero-order valence-electron chi connectivity index (χ0n) is 8.83. The minimum absolute atomic E-state index is 0.448. The molecule has 1 aliphatic rings. The number of thiophene rings is 1. The Morgan fingerprint density at radius 3 is 2.81 bits per heavy atom. The lowest BCUT2D eigenvalue weighted by Gasteiger charge is -2.10. The summed E-state index contributed by atoms with van der Waals surface area (Å²) in [6, 6.07) is 4.14. The quantitative estimate of drug-likeness (QED) is 0.794. The molecule has 2 N–H and O–H groups in total. The molecule has 0 unspecified atom stereocenters. The van der Waals surface area contributed by atoms with Crippen molar-refractivity contribution in [1.29, 1.82) is 0 Å². The summed E-state index contributed by atoms with van der Waals surface area (Å²) in [4.78, 5) is 12.2. The third-order valence-electron chi connectivity index (χ3n) is 2.95. The SMILES string of the molecule is O=C(O)C1(CNCCc2ccc(Br)s2)CC1. The van der Waals surface area contributed by atoms with Crippen LogP contribution in [0.4, 0.5) is 0 Å². The zero-order chi connectivity index (χ0) is 11.6. The second-order valence-corrected chi connectivity index (χ2v) is 6.77. The van der Waals surface area contributed by atoms with Gasteiger partial charge in [-0.3, -0.25) is 4.79 Å². The molecule has 0 aromatic carbocycles. The van der Waals surface area contributed by atoms with Crippen molar-refractivity contribution in [3.8, 4) is 0 Å². The molecule has 0 bridgehead atoms. The predicted molar refractivity (Wildman–Crippen MR) is 67.9 cm³/mol. The first-order chi connectivity index (χ1) is 7.62. The number of halogens is 1. The van der Waals surface area contributed by atoms with Gasteiger partial charge in [-0.2, -0.15) is 0 Å². The van der Waals surface area contributed by atoms with E-state index in [-0.39, 0.29) is 0 Å². The van der Waals surface area contributed by atoms with Crippen LogP contribution in [0, 0.1) is 5.41 Å². The monoisotopic (exact) mass is 303 g/mol. The maximum absolute atomic E-state index is 10.9. The van der Waals surface area contributed by atoms with E-state index in [1.807, 2.05) is 6.07 Å². The summed E-state index contributed by atoms with van der Waals surface area (Å²) in [5, 5.41) is 12.2.